The van der Waals surface area contributed by atoms with Crippen molar-refractivity contribution < 1.29 is 14.0 Å². The van der Waals surface area contributed by atoms with Crippen LogP contribution in [0.25, 0.3) is 0 Å². The van der Waals surface area contributed by atoms with Crippen molar-refractivity contribution in [1.82, 2.24) is 15.2 Å². The molecule has 1 aromatic heterocycles. The van der Waals surface area contributed by atoms with Crippen LogP contribution in [0.4, 0.5) is 14.9 Å². The Balaban J connectivity index is 1.23. The van der Waals surface area contributed by atoms with Crippen LogP contribution in [-0.2, 0) is 10.2 Å². The number of hydrogen-bond donors (Lipinski definition) is 3. The number of halogens is 1. The van der Waals surface area contributed by atoms with Gasteiger partial charge in [-0.2, -0.15) is 0 Å². The molecule has 1 aromatic carbocycles. The van der Waals surface area contributed by atoms with Crippen LogP contribution in [0.2, 0.25) is 0 Å². The fourth-order valence-electron chi connectivity index (χ4n) is 4.26. The monoisotopic (exact) mass is 425 g/mol. The Morgan fingerprint density at radius 2 is 1.77 bits per heavy atom. The topological polar surface area (TPSA) is 100 Å². The zero-order chi connectivity index (χ0) is 21.8. The van der Waals surface area contributed by atoms with Crippen molar-refractivity contribution in [2.75, 3.05) is 25.0 Å². The molecule has 1 unspecified atom stereocenters. The predicted octanol–water partition coefficient (Wildman–Crippen LogP) is 2.64. The number of piperidine rings is 1. The summed E-state index contributed by atoms with van der Waals surface area (Å²) < 4.78 is 13.2. The van der Waals surface area contributed by atoms with Gasteiger partial charge in [-0.05, 0) is 61.4 Å². The number of hydrogen-bond acceptors (Lipinski definition) is 4. The first kappa shape index (κ1) is 21.2. The molecule has 1 aliphatic heterocycles. The van der Waals surface area contributed by atoms with E-state index in [4.69, 9.17) is 5.73 Å². The Kier molecular flexibility index (Phi) is 6.18. The number of urea groups is 1. The van der Waals surface area contributed by atoms with Crippen LogP contribution in [0.1, 0.15) is 31.2 Å². The van der Waals surface area contributed by atoms with Crippen LogP contribution in [0.3, 0.4) is 0 Å². The fourth-order valence-corrected chi connectivity index (χ4v) is 4.26. The molecule has 164 valence electrons. The highest BCUT2D eigenvalue weighted by Crippen LogP contribution is 2.48. The number of rotatable bonds is 6. The molecule has 3 amide bonds. The second-order valence-electron chi connectivity index (χ2n) is 8.45. The highest BCUT2D eigenvalue weighted by Gasteiger charge is 2.51. The summed E-state index contributed by atoms with van der Waals surface area (Å²) in [5, 5.41) is 5.88. The van der Waals surface area contributed by atoms with E-state index in [2.05, 4.69) is 15.6 Å². The van der Waals surface area contributed by atoms with Crippen molar-refractivity contribution >= 4 is 17.6 Å². The third-order valence-corrected chi connectivity index (χ3v) is 6.44. The number of amides is 3. The van der Waals surface area contributed by atoms with Crippen LogP contribution >= 0.6 is 0 Å². The minimum atomic E-state index is -0.540. The Morgan fingerprint density at radius 1 is 1.13 bits per heavy atom. The fraction of sp³-hybridized carbons (Fsp3) is 0.435. The zero-order valence-corrected chi connectivity index (χ0v) is 17.4. The van der Waals surface area contributed by atoms with Gasteiger partial charge in [-0.3, -0.25) is 9.78 Å². The van der Waals surface area contributed by atoms with Gasteiger partial charge in [0.1, 0.15) is 5.82 Å². The van der Waals surface area contributed by atoms with E-state index in [1.54, 1.807) is 41.6 Å². The summed E-state index contributed by atoms with van der Waals surface area (Å²) in [6.45, 7) is 1.65. The van der Waals surface area contributed by atoms with Gasteiger partial charge in [0, 0.05) is 43.8 Å². The van der Waals surface area contributed by atoms with Gasteiger partial charge in [0.05, 0.1) is 5.41 Å². The smallest absolute Gasteiger partial charge is 0.321 e. The first-order chi connectivity index (χ1) is 15.0. The van der Waals surface area contributed by atoms with Crippen LogP contribution in [0.15, 0.2) is 48.8 Å². The second-order valence-corrected chi connectivity index (χ2v) is 8.45. The van der Waals surface area contributed by atoms with Crippen molar-refractivity contribution in [3.05, 3.63) is 60.2 Å². The number of likely N-dealkylation sites (tertiary alicyclic amines) is 1. The molecule has 4 N–H and O–H groups in total. The number of nitrogens with one attached hydrogen (secondary N) is 2. The lowest BCUT2D eigenvalue weighted by molar-refractivity contribution is -0.123. The Morgan fingerprint density at radius 3 is 2.39 bits per heavy atom. The minimum Gasteiger partial charge on any atom is -0.354 e. The first-order valence-electron chi connectivity index (χ1n) is 10.7. The van der Waals surface area contributed by atoms with E-state index in [0.717, 1.165) is 36.9 Å². The van der Waals surface area contributed by atoms with E-state index in [1.807, 2.05) is 0 Å². The van der Waals surface area contributed by atoms with E-state index in [9.17, 15) is 14.0 Å². The number of anilines is 1. The van der Waals surface area contributed by atoms with Gasteiger partial charge in [-0.1, -0.05) is 12.1 Å². The summed E-state index contributed by atoms with van der Waals surface area (Å²) in [6.07, 6.45) is 6.40. The number of aromatic nitrogens is 1. The molecule has 4 rings (SSSR count). The van der Waals surface area contributed by atoms with Crippen LogP contribution in [0, 0.1) is 11.7 Å². The average Bonchev–Trinajstić information content (AvgIpc) is 3.60. The van der Waals surface area contributed by atoms with Gasteiger partial charge in [0.2, 0.25) is 5.91 Å². The molecule has 2 heterocycles. The Labute approximate surface area is 181 Å². The maximum atomic E-state index is 13.2. The van der Waals surface area contributed by atoms with Crippen molar-refractivity contribution in [2.24, 2.45) is 11.7 Å². The minimum absolute atomic E-state index is 0.0382. The first-order valence-corrected chi connectivity index (χ1v) is 10.7. The highest BCUT2D eigenvalue weighted by atomic mass is 19.1. The van der Waals surface area contributed by atoms with Gasteiger partial charge in [0.15, 0.2) is 0 Å². The predicted molar refractivity (Wildman–Crippen MR) is 116 cm³/mol. The average molecular weight is 426 g/mol. The summed E-state index contributed by atoms with van der Waals surface area (Å²) in [5.41, 5.74) is 7.41. The lowest BCUT2D eigenvalue weighted by Crippen LogP contribution is -2.49. The van der Waals surface area contributed by atoms with E-state index in [0.29, 0.717) is 19.6 Å². The maximum Gasteiger partial charge on any atom is 0.321 e. The van der Waals surface area contributed by atoms with Crippen LogP contribution in [-0.4, -0.2) is 47.5 Å². The summed E-state index contributed by atoms with van der Waals surface area (Å²) in [5.74, 6) is -0.0993. The number of nitrogens with zero attached hydrogens (tertiary/aromatic N) is 2. The number of pyridine rings is 1. The third kappa shape index (κ3) is 4.85. The molecule has 1 saturated heterocycles. The molecule has 0 radical (unpaired) electrons. The standard InChI is InChI=1S/C23H28FN5O2/c24-18-3-1-17(2-4-18)23(9-10-23)21(30)27-15-20(25)16-7-13-29(14-8-16)22(31)28-19-5-11-26-12-6-19/h1-6,11-12,16,20H,7-10,13-15,25H2,(H,27,30)(H,26,28,31). The number of carbonyl (C=O) groups excluding carboxylic acids is 2. The molecule has 31 heavy (non-hydrogen) atoms. The summed E-state index contributed by atoms with van der Waals surface area (Å²) in [4.78, 5) is 30.9. The molecular weight excluding hydrogens is 397 g/mol. The molecule has 8 heteroatoms. The van der Waals surface area contributed by atoms with Crippen LogP contribution < -0.4 is 16.4 Å². The van der Waals surface area contributed by atoms with Crippen molar-refractivity contribution in [2.45, 2.75) is 37.1 Å². The molecule has 2 aliphatic rings. The van der Waals surface area contributed by atoms with Gasteiger partial charge in [-0.15, -0.1) is 0 Å². The second kappa shape index (κ2) is 9.01. The van der Waals surface area contributed by atoms with Gasteiger partial charge < -0.3 is 21.3 Å². The quantitative estimate of drug-likeness (QED) is 0.662. The third-order valence-electron chi connectivity index (χ3n) is 6.44. The lowest BCUT2D eigenvalue weighted by atomic mass is 9.89. The number of carbonyl (C=O) groups is 2. The van der Waals surface area contributed by atoms with Gasteiger partial charge in [0.25, 0.3) is 0 Å². The number of benzene rings is 1. The molecule has 1 saturated carbocycles. The largest absolute Gasteiger partial charge is 0.354 e. The zero-order valence-electron chi connectivity index (χ0n) is 17.4. The van der Waals surface area contributed by atoms with Crippen molar-refractivity contribution in [3.8, 4) is 0 Å². The van der Waals surface area contributed by atoms with Gasteiger partial charge in [-0.25, -0.2) is 9.18 Å². The Hall–Kier alpha value is -3.00. The Bertz CT molecular complexity index is 909. The molecule has 0 bridgehead atoms. The molecule has 0 spiro atoms. The molecule has 7 nitrogen and oxygen atoms in total. The van der Waals surface area contributed by atoms with Crippen LogP contribution in [0.5, 0.6) is 0 Å². The van der Waals surface area contributed by atoms with Crippen molar-refractivity contribution in [3.63, 3.8) is 0 Å². The molecule has 2 fully saturated rings. The summed E-state index contributed by atoms with van der Waals surface area (Å²) in [7, 11) is 0. The lowest BCUT2D eigenvalue weighted by Gasteiger charge is -2.35. The molecular formula is C23H28FN5O2. The van der Waals surface area contributed by atoms with E-state index < -0.39 is 5.41 Å². The molecule has 1 aliphatic carbocycles. The summed E-state index contributed by atoms with van der Waals surface area (Å²) in [6, 6.07) is 9.38. The normalized spacial score (nSPS) is 18.8. The van der Waals surface area contributed by atoms with E-state index in [1.165, 1.54) is 12.1 Å². The number of nitrogens with two attached hydrogens (primary N) is 1. The van der Waals surface area contributed by atoms with E-state index in [-0.39, 0.29) is 29.7 Å². The summed E-state index contributed by atoms with van der Waals surface area (Å²) >= 11 is 0. The molecule has 1 atom stereocenters. The maximum absolute atomic E-state index is 13.2. The SMILES string of the molecule is NC(CNC(=O)C1(c2ccc(F)cc2)CC1)C1CCN(C(=O)Nc2ccncc2)CC1. The highest BCUT2D eigenvalue weighted by molar-refractivity contribution is 5.91. The van der Waals surface area contributed by atoms with E-state index >= 15 is 0 Å². The molecule has 2 aromatic rings. The van der Waals surface area contributed by atoms with Gasteiger partial charge >= 0.3 is 6.03 Å². The van der Waals surface area contributed by atoms with Crippen molar-refractivity contribution in [1.29, 1.82) is 0 Å².